The van der Waals surface area contributed by atoms with Crippen molar-refractivity contribution in [2.24, 2.45) is 11.3 Å². The summed E-state index contributed by atoms with van der Waals surface area (Å²) >= 11 is 0. The Morgan fingerprint density at radius 2 is 1.97 bits per heavy atom. The molecule has 0 amide bonds. The number of hydrogen-bond acceptors (Lipinski definition) is 5. The highest BCUT2D eigenvalue weighted by atomic mass is 16.6. The summed E-state index contributed by atoms with van der Waals surface area (Å²) in [5.74, 6) is 1.29. The molecule has 6 unspecified atom stereocenters. The molecule has 2 aromatic carbocycles. The van der Waals surface area contributed by atoms with Crippen LogP contribution in [0.2, 0.25) is 0 Å². The quantitative estimate of drug-likeness (QED) is 0.749. The predicted molar refractivity (Wildman–Crippen MR) is 125 cm³/mol. The van der Waals surface area contributed by atoms with Crippen LogP contribution in [-0.2, 0) is 27.9 Å². The molecule has 33 heavy (non-hydrogen) atoms. The van der Waals surface area contributed by atoms with Crippen LogP contribution in [0.3, 0.4) is 0 Å². The van der Waals surface area contributed by atoms with Gasteiger partial charge in [-0.3, -0.25) is 0 Å². The average molecular weight is 448 g/mol. The van der Waals surface area contributed by atoms with Crippen molar-refractivity contribution in [2.75, 3.05) is 27.3 Å². The van der Waals surface area contributed by atoms with Crippen molar-refractivity contribution in [3.8, 4) is 11.5 Å². The number of methoxy groups -OCH3 is 1. The largest absolute Gasteiger partial charge is 0.504 e. The SMILES string of the molecule is COC12CCC3(CC1COCc1ccccc1)C1Cc4ccc(O)c5c4C3(CCN1C)C2O5. The van der Waals surface area contributed by atoms with Crippen molar-refractivity contribution in [3.05, 3.63) is 59.2 Å². The Morgan fingerprint density at radius 1 is 1.12 bits per heavy atom. The number of rotatable bonds is 5. The Hall–Kier alpha value is -2.08. The third-order valence-electron chi connectivity index (χ3n) is 10.2. The fraction of sp³-hybridized carbons (Fsp3) is 0.571. The molecule has 3 saturated carbocycles. The average Bonchev–Trinajstić information content (AvgIpc) is 3.21. The molecule has 1 N–H and O–H groups in total. The Balaban J connectivity index is 1.32. The van der Waals surface area contributed by atoms with E-state index in [0.29, 0.717) is 19.3 Å². The Bertz CT molecular complexity index is 1100. The summed E-state index contributed by atoms with van der Waals surface area (Å²) in [5, 5.41) is 10.8. The molecule has 5 nitrogen and oxygen atoms in total. The predicted octanol–water partition coefficient (Wildman–Crippen LogP) is 4.05. The summed E-state index contributed by atoms with van der Waals surface area (Å²) in [4.78, 5) is 2.60. The molecule has 1 saturated heterocycles. The van der Waals surface area contributed by atoms with Crippen LogP contribution in [0.15, 0.2) is 42.5 Å². The van der Waals surface area contributed by atoms with Gasteiger partial charge in [0.25, 0.3) is 0 Å². The number of ether oxygens (including phenoxy) is 3. The number of nitrogens with zero attached hydrogens (tertiary/aromatic N) is 1. The van der Waals surface area contributed by atoms with E-state index in [1.165, 1.54) is 16.7 Å². The lowest BCUT2D eigenvalue weighted by molar-refractivity contribution is -0.282. The Morgan fingerprint density at radius 3 is 2.79 bits per heavy atom. The summed E-state index contributed by atoms with van der Waals surface area (Å²) in [6.07, 6.45) is 5.27. The van der Waals surface area contributed by atoms with Crippen LogP contribution in [0.5, 0.6) is 11.5 Å². The third-order valence-corrected chi connectivity index (χ3v) is 10.2. The molecule has 0 aromatic heterocycles. The Labute approximate surface area is 195 Å². The second-order valence-corrected chi connectivity index (χ2v) is 11.1. The zero-order valence-corrected chi connectivity index (χ0v) is 19.5. The van der Waals surface area contributed by atoms with Gasteiger partial charge in [-0.25, -0.2) is 0 Å². The zero-order valence-electron chi connectivity index (χ0n) is 19.5. The van der Waals surface area contributed by atoms with E-state index in [4.69, 9.17) is 14.2 Å². The van der Waals surface area contributed by atoms with Crippen molar-refractivity contribution in [3.63, 3.8) is 0 Å². The summed E-state index contributed by atoms with van der Waals surface area (Å²) in [5.41, 5.74) is 3.55. The highest BCUT2D eigenvalue weighted by molar-refractivity contribution is 5.63. The molecule has 174 valence electrons. The maximum Gasteiger partial charge on any atom is 0.165 e. The van der Waals surface area contributed by atoms with Crippen molar-refractivity contribution >= 4 is 0 Å². The lowest BCUT2D eigenvalue weighted by Crippen LogP contribution is -2.81. The van der Waals surface area contributed by atoms with Crippen LogP contribution in [-0.4, -0.2) is 55.1 Å². The second-order valence-electron chi connectivity index (χ2n) is 11.1. The number of likely N-dealkylation sites (tertiary alicyclic amines) is 1. The van der Waals surface area contributed by atoms with E-state index in [2.05, 4.69) is 42.3 Å². The van der Waals surface area contributed by atoms with E-state index in [1.807, 2.05) is 19.2 Å². The van der Waals surface area contributed by atoms with Gasteiger partial charge in [-0.1, -0.05) is 36.4 Å². The van der Waals surface area contributed by atoms with E-state index in [1.54, 1.807) is 0 Å². The minimum Gasteiger partial charge on any atom is -0.504 e. The maximum absolute atomic E-state index is 10.8. The minimum absolute atomic E-state index is 0.0682. The number of aromatic hydroxyl groups is 1. The van der Waals surface area contributed by atoms with E-state index >= 15 is 0 Å². The van der Waals surface area contributed by atoms with Gasteiger partial charge in [-0.05, 0) is 62.9 Å². The summed E-state index contributed by atoms with van der Waals surface area (Å²) in [6, 6.07) is 14.9. The van der Waals surface area contributed by atoms with Crippen LogP contribution in [0.1, 0.15) is 42.4 Å². The Kier molecular flexibility index (Phi) is 4.15. The number of fused-ring (bicyclic) bond motifs is 2. The van der Waals surface area contributed by atoms with Gasteiger partial charge in [0.15, 0.2) is 11.5 Å². The molecular formula is C28H33NO4. The first-order valence-electron chi connectivity index (χ1n) is 12.4. The smallest absolute Gasteiger partial charge is 0.165 e. The van der Waals surface area contributed by atoms with E-state index in [-0.39, 0.29) is 34.2 Å². The highest BCUT2D eigenvalue weighted by Gasteiger charge is 2.80. The molecule has 6 aliphatic rings. The molecule has 5 heteroatoms. The van der Waals surface area contributed by atoms with Gasteiger partial charge in [0.1, 0.15) is 11.7 Å². The maximum atomic E-state index is 10.8. The van der Waals surface area contributed by atoms with Gasteiger partial charge < -0.3 is 24.2 Å². The normalized spacial score (nSPS) is 39.9. The number of phenols is 1. The second kappa shape index (κ2) is 6.74. The molecule has 2 aromatic rings. The number of likely N-dealkylation sites (N-methyl/N-ethyl adjacent to an activating group) is 1. The number of piperidine rings is 1. The molecule has 4 bridgehead atoms. The summed E-state index contributed by atoms with van der Waals surface area (Å²) in [6.45, 7) is 2.36. The molecule has 2 aliphatic heterocycles. The van der Waals surface area contributed by atoms with Crippen LogP contribution < -0.4 is 4.74 Å². The van der Waals surface area contributed by atoms with Gasteiger partial charge in [0.2, 0.25) is 0 Å². The van der Waals surface area contributed by atoms with Gasteiger partial charge in [-0.15, -0.1) is 0 Å². The highest BCUT2D eigenvalue weighted by Crippen LogP contribution is 2.76. The lowest BCUT2D eigenvalue weighted by Gasteiger charge is -2.73. The monoisotopic (exact) mass is 447 g/mol. The molecule has 2 heterocycles. The van der Waals surface area contributed by atoms with Crippen LogP contribution in [0, 0.1) is 11.3 Å². The first kappa shape index (κ1) is 20.3. The topological polar surface area (TPSA) is 51.2 Å². The van der Waals surface area contributed by atoms with Gasteiger partial charge in [-0.2, -0.15) is 0 Å². The van der Waals surface area contributed by atoms with Gasteiger partial charge in [0.05, 0.1) is 13.2 Å². The molecule has 4 aliphatic carbocycles. The first-order chi connectivity index (χ1) is 16.1. The molecule has 0 radical (unpaired) electrons. The molecule has 8 rings (SSSR count). The standard InChI is InChI=1S/C28H33NO4/c1-29-13-12-27-23-19-8-9-21(30)24(23)33-25(27)28(31-2)11-10-26(27,22(29)14-19)15-20(28)17-32-16-18-6-4-3-5-7-18/h3-9,20,22,25,30H,10-17H2,1-2H3. The van der Waals surface area contributed by atoms with Gasteiger partial charge in [0, 0.05) is 35.5 Å². The number of phenolic OH excluding ortho intramolecular Hbond substituents is 1. The first-order valence-corrected chi connectivity index (χ1v) is 12.4. The minimum atomic E-state index is -0.390. The van der Waals surface area contributed by atoms with Crippen LogP contribution in [0.25, 0.3) is 0 Å². The van der Waals surface area contributed by atoms with Crippen molar-refractivity contribution in [1.29, 1.82) is 0 Å². The van der Waals surface area contributed by atoms with Gasteiger partial charge >= 0.3 is 0 Å². The number of hydrogen-bond donors (Lipinski definition) is 1. The molecular weight excluding hydrogens is 414 g/mol. The summed E-state index contributed by atoms with van der Waals surface area (Å²) < 4.78 is 19.6. The molecule has 4 fully saturated rings. The third kappa shape index (κ3) is 2.29. The molecule has 2 spiro atoms. The number of benzene rings is 2. The summed E-state index contributed by atoms with van der Waals surface area (Å²) in [7, 11) is 4.17. The fourth-order valence-electron chi connectivity index (χ4n) is 8.92. The van der Waals surface area contributed by atoms with E-state index in [0.717, 1.165) is 44.4 Å². The van der Waals surface area contributed by atoms with Crippen molar-refractivity contribution in [1.82, 2.24) is 4.90 Å². The van der Waals surface area contributed by atoms with Crippen molar-refractivity contribution in [2.45, 2.75) is 61.9 Å². The van der Waals surface area contributed by atoms with Crippen LogP contribution >= 0.6 is 0 Å². The lowest BCUT2D eigenvalue weighted by atomic mass is 9.35. The van der Waals surface area contributed by atoms with Crippen LogP contribution in [0.4, 0.5) is 0 Å². The van der Waals surface area contributed by atoms with Crippen molar-refractivity contribution < 1.29 is 19.3 Å². The zero-order chi connectivity index (χ0) is 22.4. The van der Waals surface area contributed by atoms with E-state index < -0.39 is 0 Å². The van der Waals surface area contributed by atoms with E-state index in [9.17, 15) is 5.11 Å². The molecule has 6 atom stereocenters. The fourth-order valence-corrected chi connectivity index (χ4v) is 8.92.